The van der Waals surface area contributed by atoms with Crippen LogP contribution in [0.2, 0.25) is 10.0 Å². The molecule has 160 valence electrons. The van der Waals surface area contributed by atoms with E-state index >= 15 is 0 Å². The van der Waals surface area contributed by atoms with E-state index in [2.05, 4.69) is 15.8 Å². The van der Waals surface area contributed by atoms with Gasteiger partial charge in [-0.1, -0.05) is 37.0 Å². The Balaban J connectivity index is 2.06. The lowest BCUT2D eigenvalue weighted by Crippen LogP contribution is -2.48. The van der Waals surface area contributed by atoms with Gasteiger partial charge in [-0.25, -0.2) is 5.43 Å². The van der Waals surface area contributed by atoms with Crippen LogP contribution >= 0.6 is 23.2 Å². The molecule has 0 radical (unpaired) electrons. The normalized spacial score (nSPS) is 12.1. The first-order chi connectivity index (χ1) is 14.2. The quantitative estimate of drug-likeness (QED) is 0.416. The Bertz CT molecular complexity index is 948. The molecule has 9 heteroatoms. The van der Waals surface area contributed by atoms with Gasteiger partial charge in [0.05, 0.1) is 23.4 Å². The van der Waals surface area contributed by atoms with Crippen LogP contribution < -0.4 is 15.5 Å². The van der Waals surface area contributed by atoms with Crippen molar-refractivity contribution in [1.82, 2.24) is 10.7 Å². The maximum Gasteiger partial charge on any atom is 0.262 e. The second kappa shape index (κ2) is 10.8. The smallest absolute Gasteiger partial charge is 0.262 e. The lowest BCUT2D eigenvalue weighted by molar-refractivity contribution is -0.123. The monoisotopic (exact) mass is 451 g/mol. The lowest BCUT2D eigenvalue weighted by atomic mass is 10.0. The molecule has 0 aliphatic heterocycles. The van der Waals surface area contributed by atoms with Crippen LogP contribution in [0.3, 0.4) is 0 Å². The molecule has 0 aromatic heterocycles. The number of carbonyl (C=O) groups is 2. The van der Waals surface area contributed by atoms with Gasteiger partial charge in [-0.3, -0.25) is 9.59 Å². The maximum absolute atomic E-state index is 12.5. The molecular formula is C21H23Cl2N3O4. The molecule has 7 nitrogen and oxygen atoms in total. The molecule has 2 rings (SSSR count). The Labute approximate surface area is 185 Å². The van der Waals surface area contributed by atoms with Crippen molar-refractivity contribution < 1.29 is 19.4 Å². The van der Waals surface area contributed by atoms with Gasteiger partial charge in [0.15, 0.2) is 11.5 Å². The third-order valence-electron chi connectivity index (χ3n) is 4.08. The Morgan fingerprint density at radius 1 is 1.20 bits per heavy atom. The van der Waals surface area contributed by atoms with Crippen molar-refractivity contribution in [1.29, 1.82) is 0 Å². The molecule has 1 atom stereocenters. The van der Waals surface area contributed by atoms with Gasteiger partial charge in [0.25, 0.3) is 11.8 Å². The van der Waals surface area contributed by atoms with Crippen molar-refractivity contribution in [3.05, 3.63) is 57.6 Å². The van der Waals surface area contributed by atoms with E-state index in [9.17, 15) is 14.7 Å². The van der Waals surface area contributed by atoms with Gasteiger partial charge in [0, 0.05) is 5.02 Å². The first kappa shape index (κ1) is 23.5. The number of ether oxygens (including phenoxy) is 1. The summed E-state index contributed by atoms with van der Waals surface area (Å²) in [5, 5.41) is 16.9. The van der Waals surface area contributed by atoms with Crippen LogP contribution in [0.5, 0.6) is 11.5 Å². The number of benzene rings is 2. The number of hydrogen-bond donors (Lipinski definition) is 3. The van der Waals surface area contributed by atoms with Gasteiger partial charge in [-0.2, -0.15) is 5.10 Å². The predicted molar refractivity (Wildman–Crippen MR) is 118 cm³/mol. The summed E-state index contributed by atoms with van der Waals surface area (Å²) < 4.78 is 5.31. The van der Waals surface area contributed by atoms with Crippen LogP contribution in [0.4, 0.5) is 0 Å². The van der Waals surface area contributed by atoms with E-state index in [4.69, 9.17) is 27.9 Å². The second-order valence-electron chi connectivity index (χ2n) is 6.71. The standard InChI is InChI=1S/C21H23Cl2N3O4/c1-4-30-18-9-13(5-8-17(18)27)11-24-26-21(29)19(12(2)3)25-20(28)15-7-6-14(22)10-16(15)23/h5-12,19,27H,4H2,1-3H3,(H,25,28)(H,26,29). The number of hydrogen-bond acceptors (Lipinski definition) is 5. The molecule has 2 amide bonds. The highest BCUT2D eigenvalue weighted by Crippen LogP contribution is 2.26. The van der Waals surface area contributed by atoms with E-state index in [1.165, 1.54) is 24.4 Å². The van der Waals surface area contributed by atoms with Crippen LogP contribution in [0.15, 0.2) is 41.5 Å². The third-order valence-corrected chi connectivity index (χ3v) is 4.63. The number of halogens is 2. The summed E-state index contributed by atoms with van der Waals surface area (Å²) in [5.41, 5.74) is 3.26. The van der Waals surface area contributed by atoms with Gasteiger partial charge in [-0.05, 0) is 54.8 Å². The van der Waals surface area contributed by atoms with E-state index in [-0.39, 0.29) is 22.3 Å². The lowest BCUT2D eigenvalue weighted by Gasteiger charge is -2.20. The molecule has 1 unspecified atom stereocenters. The largest absolute Gasteiger partial charge is 0.504 e. The Morgan fingerprint density at radius 3 is 2.57 bits per heavy atom. The molecule has 30 heavy (non-hydrogen) atoms. The van der Waals surface area contributed by atoms with Gasteiger partial charge >= 0.3 is 0 Å². The number of nitrogens with zero attached hydrogens (tertiary/aromatic N) is 1. The van der Waals surface area contributed by atoms with E-state index in [0.29, 0.717) is 22.9 Å². The van der Waals surface area contributed by atoms with Gasteiger partial charge in [0.1, 0.15) is 6.04 Å². The Morgan fingerprint density at radius 2 is 1.93 bits per heavy atom. The minimum atomic E-state index is -0.833. The van der Waals surface area contributed by atoms with Gasteiger partial charge < -0.3 is 15.2 Å². The number of phenolic OH excluding ortho intramolecular Hbond substituents is 1. The zero-order valence-electron chi connectivity index (χ0n) is 16.8. The van der Waals surface area contributed by atoms with Crippen molar-refractivity contribution >= 4 is 41.2 Å². The van der Waals surface area contributed by atoms with Crippen molar-refractivity contribution in [2.45, 2.75) is 26.8 Å². The van der Waals surface area contributed by atoms with Crippen molar-refractivity contribution in [3.63, 3.8) is 0 Å². The predicted octanol–water partition coefficient (Wildman–Crippen LogP) is 4.00. The molecule has 2 aromatic rings. The minimum absolute atomic E-state index is 0.0153. The fraction of sp³-hybridized carbons (Fsp3) is 0.286. The number of aromatic hydroxyl groups is 1. The number of hydrazone groups is 1. The molecule has 3 N–H and O–H groups in total. The Hall–Kier alpha value is -2.77. The fourth-order valence-electron chi connectivity index (χ4n) is 2.55. The van der Waals surface area contributed by atoms with Crippen molar-refractivity contribution in [3.8, 4) is 11.5 Å². The highest BCUT2D eigenvalue weighted by Gasteiger charge is 2.25. The fourth-order valence-corrected chi connectivity index (χ4v) is 3.04. The summed E-state index contributed by atoms with van der Waals surface area (Å²) in [6.45, 7) is 5.80. The molecule has 0 fully saturated rings. The van der Waals surface area contributed by atoms with E-state index in [0.717, 1.165) is 0 Å². The molecule has 2 aromatic carbocycles. The SMILES string of the molecule is CCOc1cc(C=NNC(=O)C(NC(=O)c2ccc(Cl)cc2Cl)C(C)C)ccc1O. The molecule has 0 saturated carbocycles. The molecule has 0 saturated heterocycles. The number of phenols is 1. The van der Waals surface area contributed by atoms with Gasteiger partial charge in [-0.15, -0.1) is 0 Å². The molecule has 0 bridgehead atoms. The number of nitrogens with one attached hydrogen (secondary N) is 2. The summed E-state index contributed by atoms with van der Waals surface area (Å²) >= 11 is 11.9. The molecule has 0 aliphatic carbocycles. The first-order valence-corrected chi connectivity index (χ1v) is 10.0. The minimum Gasteiger partial charge on any atom is -0.504 e. The number of rotatable bonds is 8. The topological polar surface area (TPSA) is 100 Å². The number of amides is 2. The molecular weight excluding hydrogens is 429 g/mol. The van der Waals surface area contributed by atoms with E-state index < -0.39 is 17.9 Å². The summed E-state index contributed by atoms with van der Waals surface area (Å²) in [4.78, 5) is 25.1. The zero-order valence-corrected chi connectivity index (χ0v) is 18.3. The highest BCUT2D eigenvalue weighted by atomic mass is 35.5. The number of carbonyl (C=O) groups excluding carboxylic acids is 2. The summed E-state index contributed by atoms with van der Waals surface area (Å²) in [7, 11) is 0. The van der Waals surface area contributed by atoms with Crippen LogP contribution in [-0.2, 0) is 4.79 Å². The average Bonchev–Trinajstić information content (AvgIpc) is 2.68. The third kappa shape index (κ3) is 6.37. The summed E-state index contributed by atoms with van der Waals surface area (Å²) in [6.07, 6.45) is 1.41. The van der Waals surface area contributed by atoms with Crippen LogP contribution in [0.1, 0.15) is 36.7 Å². The van der Waals surface area contributed by atoms with Crippen LogP contribution in [0, 0.1) is 5.92 Å². The molecule has 0 aliphatic rings. The molecule has 0 heterocycles. The maximum atomic E-state index is 12.5. The molecule has 0 spiro atoms. The highest BCUT2D eigenvalue weighted by molar-refractivity contribution is 6.36. The summed E-state index contributed by atoms with van der Waals surface area (Å²) in [6, 6.07) is 8.36. The zero-order chi connectivity index (χ0) is 22.3. The van der Waals surface area contributed by atoms with Crippen LogP contribution in [0.25, 0.3) is 0 Å². The average molecular weight is 452 g/mol. The first-order valence-electron chi connectivity index (χ1n) is 9.27. The van der Waals surface area contributed by atoms with Crippen LogP contribution in [-0.4, -0.2) is 35.8 Å². The summed E-state index contributed by atoms with van der Waals surface area (Å²) in [5.74, 6) is -0.840. The van der Waals surface area contributed by atoms with Gasteiger partial charge in [0.2, 0.25) is 0 Å². The van der Waals surface area contributed by atoms with Crippen molar-refractivity contribution in [2.24, 2.45) is 11.0 Å². The van der Waals surface area contributed by atoms with E-state index in [1.54, 1.807) is 39.0 Å². The van der Waals surface area contributed by atoms with E-state index in [1.807, 2.05) is 0 Å². The Kier molecular flexibility index (Phi) is 8.50. The van der Waals surface area contributed by atoms with Crippen molar-refractivity contribution in [2.75, 3.05) is 6.61 Å². The second-order valence-corrected chi connectivity index (χ2v) is 7.56.